The van der Waals surface area contributed by atoms with Crippen molar-refractivity contribution in [3.8, 4) is 17.2 Å². The highest BCUT2D eigenvalue weighted by molar-refractivity contribution is 5.97. The van der Waals surface area contributed by atoms with E-state index in [1.165, 1.54) is 33.5 Å². The highest BCUT2D eigenvalue weighted by Crippen LogP contribution is 2.38. The van der Waals surface area contributed by atoms with Gasteiger partial charge in [-0.3, -0.25) is 30.6 Å². The van der Waals surface area contributed by atoms with Crippen LogP contribution in [0.15, 0.2) is 18.5 Å². The fourth-order valence-electron chi connectivity index (χ4n) is 2.31. The Kier molecular flexibility index (Phi) is 7.11. The van der Waals surface area contributed by atoms with Crippen molar-refractivity contribution in [1.29, 1.82) is 0 Å². The average Bonchev–Trinajstić information content (AvgIpc) is 2.74. The zero-order valence-corrected chi connectivity index (χ0v) is 16.2. The predicted molar refractivity (Wildman–Crippen MR) is 103 cm³/mol. The molecule has 30 heavy (non-hydrogen) atoms. The van der Waals surface area contributed by atoms with E-state index in [0.29, 0.717) is 5.75 Å². The number of amides is 2. The fraction of sp³-hybridized carbons (Fsp3) is 0.250. The van der Waals surface area contributed by atoms with E-state index in [-0.39, 0.29) is 28.7 Å². The first kappa shape index (κ1) is 21.9. The zero-order valence-electron chi connectivity index (χ0n) is 16.2. The van der Waals surface area contributed by atoms with Crippen molar-refractivity contribution in [3.63, 3.8) is 0 Å². The number of aromatic nitrogens is 2. The number of carbonyl (C=O) groups excluding carboxylic acids is 2. The number of ether oxygens (including phenoxy) is 3. The Balaban J connectivity index is 2.01. The molecular formula is C16H19N7O7. The minimum Gasteiger partial charge on any atom is -0.493 e. The molecule has 0 aliphatic rings. The summed E-state index contributed by atoms with van der Waals surface area (Å²) >= 11 is 0. The number of benzene rings is 1. The molecule has 14 nitrogen and oxygen atoms in total. The largest absolute Gasteiger partial charge is 0.493 e. The number of nitrogens with two attached hydrogens (primary N) is 1. The number of rotatable bonds is 9. The minimum absolute atomic E-state index is 0.157. The molecule has 0 saturated heterocycles. The number of hydrazine groups is 1. The average molecular weight is 421 g/mol. The first-order valence-corrected chi connectivity index (χ1v) is 8.20. The van der Waals surface area contributed by atoms with Gasteiger partial charge in [-0.15, -0.1) is 0 Å². The SMILES string of the molecule is COc1cc(C(=O)NCC(=O)NNc2ncnc(N)c2[N+](=O)[O-])cc(OC)c1OC. The van der Waals surface area contributed by atoms with Gasteiger partial charge in [-0.2, -0.15) is 0 Å². The van der Waals surface area contributed by atoms with Gasteiger partial charge in [0.05, 0.1) is 32.8 Å². The number of nitrogens with one attached hydrogen (secondary N) is 3. The standard InChI is InChI=1S/C16H19N7O7/c1-28-9-4-8(5-10(29-2)13(9)30-3)16(25)18-6-11(24)21-22-15-12(23(26)27)14(17)19-7-20-15/h4-5,7H,6H2,1-3H3,(H,18,25)(H,21,24)(H3,17,19,20,22). The van der Waals surface area contributed by atoms with Gasteiger partial charge in [0.2, 0.25) is 17.4 Å². The lowest BCUT2D eigenvalue weighted by Crippen LogP contribution is -2.39. The van der Waals surface area contributed by atoms with Crippen LogP contribution in [0.2, 0.25) is 0 Å². The van der Waals surface area contributed by atoms with Crippen LogP contribution >= 0.6 is 0 Å². The molecule has 5 N–H and O–H groups in total. The summed E-state index contributed by atoms with van der Waals surface area (Å²) in [6.45, 7) is -0.448. The van der Waals surface area contributed by atoms with Crippen LogP contribution in [0.5, 0.6) is 17.2 Å². The Morgan fingerprint density at radius 3 is 2.30 bits per heavy atom. The maximum absolute atomic E-state index is 12.4. The minimum atomic E-state index is -0.796. The van der Waals surface area contributed by atoms with Crippen LogP contribution in [0.1, 0.15) is 10.4 Å². The molecule has 0 atom stereocenters. The molecule has 1 aromatic heterocycles. The van der Waals surface area contributed by atoms with Gasteiger partial charge in [0.1, 0.15) is 6.33 Å². The molecule has 0 aliphatic heterocycles. The molecule has 2 amide bonds. The molecule has 2 rings (SSSR count). The summed E-state index contributed by atoms with van der Waals surface area (Å²) in [6.07, 6.45) is 0.989. The fourth-order valence-corrected chi connectivity index (χ4v) is 2.31. The van der Waals surface area contributed by atoms with E-state index in [4.69, 9.17) is 19.9 Å². The Labute approximate surface area is 169 Å². The van der Waals surface area contributed by atoms with E-state index < -0.39 is 29.0 Å². The van der Waals surface area contributed by atoms with Crippen LogP contribution in [0.25, 0.3) is 0 Å². The second-order valence-electron chi connectivity index (χ2n) is 5.48. The number of carbonyl (C=O) groups is 2. The highest BCUT2D eigenvalue weighted by Gasteiger charge is 2.21. The zero-order chi connectivity index (χ0) is 22.3. The van der Waals surface area contributed by atoms with Crippen molar-refractivity contribution in [2.75, 3.05) is 39.0 Å². The van der Waals surface area contributed by atoms with Gasteiger partial charge in [0, 0.05) is 5.56 Å². The molecule has 160 valence electrons. The first-order chi connectivity index (χ1) is 14.3. The summed E-state index contributed by atoms with van der Waals surface area (Å²) in [6, 6.07) is 2.83. The van der Waals surface area contributed by atoms with E-state index in [1.807, 2.05) is 0 Å². The summed E-state index contributed by atoms with van der Waals surface area (Å²) in [5.41, 5.74) is 9.43. The van der Waals surface area contributed by atoms with E-state index in [0.717, 1.165) is 6.33 Å². The molecule has 14 heteroatoms. The van der Waals surface area contributed by atoms with E-state index in [2.05, 4.69) is 26.1 Å². The van der Waals surface area contributed by atoms with Crippen LogP contribution in [0.4, 0.5) is 17.3 Å². The van der Waals surface area contributed by atoms with Crippen LogP contribution in [0, 0.1) is 10.1 Å². The summed E-state index contributed by atoms with van der Waals surface area (Å²) in [4.78, 5) is 41.7. The number of anilines is 2. The Morgan fingerprint density at radius 2 is 1.77 bits per heavy atom. The third kappa shape index (κ3) is 4.92. The molecule has 2 aromatic rings. The summed E-state index contributed by atoms with van der Waals surface area (Å²) < 4.78 is 15.5. The summed E-state index contributed by atoms with van der Waals surface area (Å²) in [5.74, 6) is -1.14. The first-order valence-electron chi connectivity index (χ1n) is 8.20. The van der Waals surface area contributed by atoms with Crippen molar-refractivity contribution in [2.24, 2.45) is 0 Å². The molecule has 1 heterocycles. The maximum atomic E-state index is 12.4. The number of nitro groups is 1. The number of hydrogen-bond acceptors (Lipinski definition) is 11. The molecule has 1 aromatic carbocycles. The monoisotopic (exact) mass is 421 g/mol. The van der Waals surface area contributed by atoms with Crippen molar-refractivity contribution >= 4 is 29.1 Å². The smallest absolute Gasteiger partial charge is 0.354 e. The summed E-state index contributed by atoms with van der Waals surface area (Å²) in [7, 11) is 4.22. The van der Waals surface area contributed by atoms with Gasteiger partial charge < -0.3 is 25.3 Å². The molecule has 0 bridgehead atoms. The normalized spacial score (nSPS) is 9.97. The second-order valence-corrected chi connectivity index (χ2v) is 5.48. The Bertz CT molecular complexity index is 942. The molecule has 0 saturated carbocycles. The number of nitrogen functional groups attached to an aromatic ring is 1. The van der Waals surface area contributed by atoms with Crippen LogP contribution in [-0.2, 0) is 4.79 Å². The predicted octanol–water partition coefficient (Wildman–Crippen LogP) is -0.134. The summed E-state index contributed by atoms with van der Waals surface area (Å²) in [5, 5.41) is 13.4. The van der Waals surface area contributed by atoms with E-state index in [9.17, 15) is 19.7 Å². The van der Waals surface area contributed by atoms with Crippen LogP contribution in [0.3, 0.4) is 0 Å². The van der Waals surface area contributed by atoms with Crippen molar-refractivity contribution in [2.45, 2.75) is 0 Å². The van der Waals surface area contributed by atoms with Gasteiger partial charge in [-0.05, 0) is 12.1 Å². The molecule has 0 radical (unpaired) electrons. The van der Waals surface area contributed by atoms with E-state index >= 15 is 0 Å². The molecule has 0 fully saturated rings. The Morgan fingerprint density at radius 1 is 1.13 bits per heavy atom. The third-order valence-electron chi connectivity index (χ3n) is 3.69. The lowest BCUT2D eigenvalue weighted by atomic mass is 10.1. The topological polar surface area (TPSA) is 193 Å². The van der Waals surface area contributed by atoms with Crippen molar-refractivity contribution < 1.29 is 28.7 Å². The lowest BCUT2D eigenvalue weighted by Gasteiger charge is -2.14. The lowest BCUT2D eigenvalue weighted by molar-refractivity contribution is -0.383. The highest BCUT2D eigenvalue weighted by atomic mass is 16.6. The Hall–Kier alpha value is -4.36. The molecule has 0 aliphatic carbocycles. The van der Waals surface area contributed by atoms with Gasteiger partial charge >= 0.3 is 5.69 Å². The van der Waals surface area contributed by atoms with Gasteiger partial charge in [0.15, 0.2) is 11.5 Å². The quantitative estimate of drug-likeness (QED) is 0.311. The molecular weight excluding hydrogens is 402 g/mol. The molecule has 0 unspecified atom stereocenters. The number of methoxy groups -OCH3 is 3. The van der Waals surface area contributed by atoms with Gasteiger partial charge in [-0.25, -0.2) is 9.97 Å². The molecule has 0 spiro atoms. The third-order valence-corrected chi connectivity index (χ3v) is 3.69. The second kappa shape index (κ2) is 9.72. The number of hydrogen-bond donors (Lipinski definition) is 4. The maximum Gasteiger partial charge on any atom is 0.354 e. The van der Waals surface area contributed by atoms with Gasteiger partial charge in [-0.1, -0.05) is 0 Å². The van der Waals surface area contributed by atoms with Crippen LogP contribution < -0.4 is 36.1 Å². The number of nitrogens with zero attached hydrogens (tertiary/aromatic N) is 3. The van der Waals surface area contributed by atoms with Crippen molar-refractivity contribution in [1.82, 2.24) is 20.7 Å². The van der Waals surface area contributed by atoms with Crippen LogP contribution in [-0.4, -0.2) is 54.6 Å². The van der Waals surface area contributed by atoms with Crippen molar-refractivity contribution in [3.05, 3.63) is 34.1 Å². The van der Waals surface area contributed by atoms with Gasteiger partial charge in [0.25, 0.3) is 11.8 Å². The van der Waals surface area contributed by atoms with E-state index in [1.54, 1.807) is 0 Å².